The van der Waals surface area contributed by atoms with Crippen LogP contribution in [0.5, 0.6) is 0 Å². The number of carboxylic acids is 1. The van der Waals surface area contributed by atoms with Gasteiger partial charge in [0, 0.05) is 6.54 Å². The minimum Gasteiger partial charge on any atom is -0.479 e. The fraction of sp³-hybridized carbons (Fsp3) is 0.571. The van der Waals surface area contributed by atoms with E-state index in [0.717, 1.165) is 6.08 Å². The Labute approximate surface area is 74.2 Å². The molecule has 6 heteroatoms. The zero-order chi connectivity index (χ0) is 10.6. The maximum atomic E-state index is 12.2. The lowest BCUT2D eigenvalue weighted by Gasteiger charge is -2.20. The third-order valence-corrected chi connectivity index (χ3v) is 1.54. The molecule has 1 unspecified atom stereocenters. The molecule has 0 amide bonds. The van der Waals surface area contributed by atoms with Gasteiger partial charge in [-0.25, -0.2) is 13.6 Å². The van der Waals surface area contributed by atoms with Gasteiger partial charge in [-0.05, 0) is 13.0 Å². The van der Waals surface area contributed by atoms with E-state index < -0.39 is 17.9 Å². The number of carboxylic acid groups (broad SMARTS) is 1. The maximum absolute atomic E-state index is 12.2. The third kappa shape index (κ3) is 2.74. The monoisotopic (exact) mass is 194 g/mol. The highest BCUT2D eigenvalue weighted by atomic mass is 19.3. The van der Waals surface area contributed by atoms with Crippen molar-refractivity contribution in [3.63, 3.8) is 0 Å². The standard InChI is InChI=1S/C7H12F2N2O2/c1-4(3-10)2-7(11,5(8)9)6(12)13/h2,5H,3,10-11H2,1H3,(H,12,13). The van der Waals surface area contributed by atoms with E-state index >= 15 is 0 Å². The van der Waals surface area contributed by atoms with Gasteiger partial charge in [-0.2, -0.15) is 0 Å². The maximum Gasteiger partial charge on any atom is 0.333 e. The highest BCUT2D eigenvalue weighted by Crippen LogP contribution is 2.16. The van der Waals surface area contributed by atoms with E-state index in [1.165, 1.54) is 6.92 Å². The molecule has 0 saturated carbocycles. The number of carbonyl (C=O) groups is 1. The SMILES string of the molecule is CC(=CC(N)(C(=O)O)C(F)F)CN. The summed E-state index contributed by atoms with van der Waals surface area (Å²) in [4.78, 5) is 10.4. The lowest BCUT2D eigenvalue weighted by Crippen LogP contribution is -2.52. The summed E-state index contributed by atoms with van der Waals surface area (Å²) >= 11 is 0. The van der Waals surface area contributed by atoms with Gasteiger partial charge in [0.15, 0.2) is 5.54 Å². The molecule has 0 radical (unpaired) electrons. The molecular formula is C7H12F2N2O2. The summed E-state index contributed by atoms with van der Waals surface area (Å²) in [5.41, 5.74) is 7.77. The van der Waals surface area contributed by atoms with Gasteiger partial charge < -0.3 is 16.6 Å². The smallest absolute Gasteiger partial charge is 0.333 e. The highest BCUT2D eigenvalue weighted by molar-refractivity contribution is 5.82. The fourth-order valence-corrected chi connectivity index (χ4v) is 0.685. The Bertz CT molecular complexity index is 231. The predicted molar refractivity (Wildman–Crippen MR) is 43.4 cm³/mol. The molecule has 0 aliphatic rings. The van der Waals surface area contributed by atoms with Gasteiger partial charge in [0.05, 0.1) is 0 Å². The third-order valence-electron chi connectivity index (χ3n) is 1.54. The molecule has 0 heterocycles. The fourth-order valence-electron chi connectivity index (χ4n) is 0.685. The quantitative estimate of drug-likeness (QED) is 0.547. The van der Waals surface area contributed by atoms with Crippen molar-refractivity contribution < 1.29 is 18.7 Å². The molecule has 0 rings (SSSR count). The first kappa shape index (κ1) is 12.0. The second-order valence-corrected chi connectivity index (χ2v) is 2.73. The van der Waals surface area contributed by atoms with E-state index in [4.69, 9.17) is 16.6 Å². The zero-order valence-electron chi connectivity index (χ0n) is 7.13. The Kier molecular flexibility index (Phi) is 3.96. The molecule has 0 aromatic carbocycles. The Hall–Kier alpha value is -1.01. The molecule has 0 saturated heterocycles. The Morgan fingerprint density at radius 3 is 2.38 bits per heavy atom. The van der Waals surface area contributed by atoms with E-state index in [2.05, 4.69) is 0 Å². The number of hydrogen-bond acceptors (Lipinski definition) is 3. The van der Waals surface area contributed by atoms with E-state index in [9.17, 15) is 13.6 Å². The Morgan fingerprint density at radius 1 is 1.69 bits per heavy atom. The van der Waals surface area contributed by atoms with Gasteiger partial charge in [0.25, 0.3) is 6.43 Å². The van der Waals surface area contributed by atoms with Gasteiger partial charge in [-0.1, -0.05) is 5.57 Å². The molecule has 0 aromatic rings. The normalized spacial score (nSPS) is 17.2. The van der Waals surface area contributed by atoms with Crippen LogP contribution in [0.15, 0.2) is 11.6 Å². The first-order valence-corrected chi connectivity index (χ1v) is 3.53. The summed E-state index contributed by atoms with van der Waals surface area (Å²) in [6, 6.07) is 0. The second-order valence-electron chi connectivity index (χ2n) is 2.73. The molecule has 13 heavy (non-hydrogen) atoms. The van der Waals surface area contributed by atoms with Crippen molar-refractivity contribution in [2.75, 3.05) is 6.54 Å². The largest absolute Gasteiger partial charge is 0.479 e. The van der Waals surface area contributed by atoms with Crippen LogP contribution in [-0.2, 0) is 4.79 Å². The summed E-state index contributed by atoms with van der Waals surface area (Å²) in [6.45, 7) is 1.44. The summed E-state index contributed by atoms with van der Waals surface area (Å²) in [5, 5.41) is 8.46. The number of halogens is 2. The van der Waals surface area contributed by atoms with Crippen LogP contribution in [0.2, 0.25) is 0 Å². The first-order valence-electron chi connectivity index (χ1n) is 3.53. The van der Waals surface area contributed by atoms with Crippen molar-refractivity contribution in [1.29, 1.82) is 0 Å². The van der Waals surface area contributed by atoms with Gasteiger partial charge in [0.1, 0.15) is 0 Å². The van der Waals surface area contributed by atoms with Gasteiger partial charge in [-0.3, -0.25) is 0 Å². The second kappa shape index (κ2) is 4.29. The summed E-state index contributed by atoms with van der Waals surface area (Å²) in [5.74, 6) is -1.77. The molecule has 4 nitrogen and oxygen atoms in total. The summed E-state index contributed by atoms with van der Waals surface area (Å²) < 4.78 is 24.5. The number of hydrogen-bond donors (Lipinski definition) is 3. The van der Waals surface area contributed by atoms with Crippen LogP contribution >= 0.6 is 0 Å². The lowest BCUT2D eigenvalue weighted by molar-refractivity contribution is -0.146. The van der Waals surface area contributed by atoms with Crippen LogP contribution in [0.4, 0.5) is 8.78 Å². The molecule has 0 aliphatic heterocycles. The molecule has 76 valence electrons. The van der Waals surface area contributed by atoms with Gasteiger partial charge >= 0.3 is 5.97 Å². The molecule has 0 fully saturated rings. The van der Waals surface area contributed by atoms with E-state index in [1.54, 1.807) is 0 Å². The van der Waals surface area contributed by atoms with Crippen molar-refractivity contribution in [3.8, 4) is 0 Å². The van der Waals surface area contributed by atoms with Crippen molar-refractivity contribution in [2.24, 2.45) is 11.5 Å². The average Bonchev–Trinajstić information content (AvgIpc) is 2.03. The van der Waals surface area contributed by atoms with Crippen LogP contribution in [-0.4, -0.2) is 29.6 Å². The van der Waals surface area contributed by atoms with Crippen LogP contribution < -0.4 is 11.5 Å². The Balaban J connectivity index is 4.92. The molecule has 5 N–H and O–H groups in total. The summed E-state index contributed by atoms with van der Waals surface area (Å²) in [7, 11) is 0. The van der Waals surface area contributed by atoms with Crippen molar-refractivity contribution in [3.05, 3.63) is 11.6 Å². The van der Waals surface area contributed by atoms with Crippen LogP contribution in [0.3, 0.4) is 0 Å². The topological polar surface area (TPSA) is 89.3 Å². The predicted octanol–water partition coefficient (Wildman–Crippen LogP) is -0.0614. The molecular weight excluding hydrogens is 182 g/mol. The number of rotatable bonds is 4. The molecule has 0 bridgehead atoms. The Morgan fingerprint density at radius 2 is 2.15 bits per heavy atom. The summed E-state index contributed by atoms with van der Waals surface area (Å²) in [6.07, 6.45) is -2.38. The van der Waals surface area contributed by atoms with Gasteiger partial charge in [0.2, 0.25) is 0 Å². The minimum absolute atomic E-state index is 0.00104. The first-order chi connectivity index (χ1) is 5.84. The zero-order valence-corrected chi connectivity index (χ0v) is 7.13. The van der Waals surface area contributed by atoms with Crippen molar-refractivity contribution >= 4 is 5.97 Å². The average molecular weight is 194 g/mol. The molecule has 0 spiro atoms. The lowest BCUT2D eigenvalue weighted by atomic mass is 9.99. The van der Waals surface area contributed by atoms with Gasteiger partial charge in [-0.15, -0.1) is 0 Å². The molecule has 1 atom stereocenters. The highest BCUT2D eigenvalue weighted by Gasteiger charge is 2.41. The van der Waals surface area contributed by atoms with Crippen LogP contribution in [0.25, 0.3) is 0 Å². The minimum atomic E-state index is -3.16. The van der Waals surface area contributed by atoms with Crippen LogP contribution in [0, 0.1) is 0 Å². The molecule has 0 aliphatic carbocycles. The number of alkyl halides is 2. The molecule has 0 aromatic heterocycles. The number of nitrogens with two attached hydrogens (primary N) is 2. The van der Waals surface area contributed by atoms with Crippen molar-refractivity contribution in [2.45, 2.75) is 18.9 Å². The van der Waals surface area contributed by atoms with Crippen molar-refractivity contribution in [1.82, 2.24) is 0 Å². The van der Waals surface area contributed by atoms with E-state index in [0.29, 0.717) is 5.57 Å². The van der Waals surface area contributed by atoms with E-state index in [-0.39, 0.29) is 6.54 Å². The van der Waals surface area contributed by atoms with E-state index in [1.807, 2.05) is 0 Å². The van der Waals surface area contributed by atoms with Crippen LogP contribution in [0.1, 0.15) is 6.92 Å². The number of aliphatic carboxylic acids is 1.